The fourth-order valence-electron chi connectivity index (χ4n) is 2.30. The van der Waals surface area contributed by atoms with Gasteiger partial charge in [-0.05, 0) is 35.0 Å². The van der Waals surface area contributed by atoms with E-state index in [0.29, 0.717) is 12.2 Å². The van der Waals surface area contributed by atoms with Crippen molar-refractivity contribution in [2.45, 2.75) is 26.0 Å². The lowest BCUT2D eigenvalue weighted by Gasteiger charge is -2.08. The molecule has 5 heteroatoms. The van der Waals surface area contributed by atoms with Crippen molar-refractivity contribution in [1.82, 2.24) is 9.55 Å². The van der Waals surface area contributed by atoms with E-state index in [-0.39, 0.29) is 0 Å². The number of aromatic nitrogens is 2. The Morgan fingerprint density at radius 3 is 3.05 bits per heavy atom. The monoisotopic (exact) mass is 334 g/mol. The number of halogens is 1. The Morgan fingerprint density at radius 1 is 1.45 bits per heavy atom. The van der Waals surface area contributed by atoms with Crippen LogP contribution in [-0.2, 0) is 13.0 Å². The molecule has 20 heavy (non-hydrogen) atoms. The lowest BCUT2D eigenvalue weighted by atomic mass is 10.1. The smallest absolute Gasteiger partial charge is 0.148 e. The minimum absolute atomic E-state index is 0.443. The zero-order valence-corrected chi connectivity index (χ0v) is 12.7. The molecule has 0 saturated carbocycles. The molecule has 0 saturated heterocycles. The molecule has 2 aromatic heterocycles. The molecule has 0 fully saturated rings. The van der Waals surface area contributed by atoms with Crippen LogP contribution < -0.4 is 0 Å². The molecule has 1 N–H and O–H groups in total. The van der Waals surface area contributed by atoms with Crippen LogP contribution in [0.4, 0.5) is 0 Å². The molecule has 0 radical (unpaired) electrons. The van der Waals surface area contributed by atoms with Crippen molar-refractivity contribution < 1.29 is 9.52 Å². The first-order chi connectivity index (χ1) is 9.69. The summed E-state index contributed by atoms with van der Waals surface area (Å²) in [6.45, 7) is 2.89. The van der Waals surface area contributed by atoms with Gasteiger partial charge in [-0.15, -0.1) is 0 Å². The fourth-order valence-corrected chi connectivity index (χ4v) is 2.77. The Bertz CT molecular complexity index is 732. The lowest BCUT2D eigenvalue weighted by Crippen LogP contribution is -2.07. The Balaban J connectivity index is 1.89. The number of furan rings is 1. The molecule has 1 aromatic carbocycles. The van der Waals surface area contributed by atoms with Crippen LogP contribution >= 0.6 is 15.9 Å². The van der Waals surface area contributed by atoms with Gasteiger partial charge in [0, 0.05) is 30.7 Å². The lowest BCUT2D eigenvalue weighted by molar-refractivity contribution is 0.149. The summed E-state index contributed by atoms with van der Waals surface area (Å²) in [5, 5.41) is 11.3. The minimum atomic E-state index is -0.693. The minimum Gasteiger partial charge on any atom is -0.457 e. The first-order valence-electron chi connectivity index (χ1n) is 6.55. The predicted molar refractivity (Wildman–Crippen MR) is 80.5 cm³/mol. The topological polar surface area (TPSA) is 51.2 Å². The van der Waals surface area contributed by atoms with Crippen LogP contribution in [0.1, 0.15) is 24.6 Å². The summed E-state index contributed by atoms with van der Waals surface area (Å²) in [5.41, 5.74) is 0.764. The van der Waals surface area contributed by atoms with Crippen molar-refractivity contribution in [1.29, 1.82) is 0 Å². The number of aryl methyl sites for hydroxylation is 1. The predicted octanol–water partition coefficient (Wildman–Crippen LogP) is 3.69. The van der Waals surface area contributed by atoms with Gasteiger partial charge in [0.2, 0.25) is 0 Å². The largest absolute Gasteiger partial charge is 0.457 e. The van der Waals surface area contributed by atoms with Crippen molar-refractivity contribution in [2.24, 2.45) is 0 Å². The number of nitrogens with zero attached hydrogens (tertiary/aromatic N) is 2. The molecule has 0 amide bonds. The van der Waals surface area contributed by atoms with Gasteiger partial charge in [-0.25, -0.2) is 4.98 Å². The molecular weight excluding hydrogens is 320 g/mol. The number of hydrogen-bond donors (Lipinski definition) is 1. The molecule has 3 aromatic rings. The third-order valence-corrected chi connectivity index (χ3v) is 3.99. The molecule has 0 aliphatic rings. The summed E-state index contributed by atoms with van der Waals surface area (Å²) in [7, 11) is 0. The highest BCUT2D eigenvalue weighted by Gasteiger charge is 2.17. The van der Waals surface area contributed by atoms with Crippen molar-refractivity contribution in [3.8, 4) is 0 Å². The molecule has 1 unspecified atom stereocenters. The quantitative estimate of drug-likeness (QED) is 0.791. The van der Waals surface area contributed by atoms with Crippen molar-refractivity contribution in [2.75, 3.05) is 0 Å². The molecule has 0 aliphatic heterocycles. The Labute approximate surface area is 125 Å². The van der Waals surface area contributed by atoms with Gasteiger partial charge in [-0.1, -0.05) is 12.1 Å². The van der Waals surface area contributed by atoms with Crippen LogP contribution in [0, 0.1) is 0 Å². The molecule has 0 aliphatic carbocycles. The first kappa shape index (κ1) is 13.4. The maximum Gasteiger partial charge on any atom is 0.148 e. The SMILES string of the molecule is CCn1ccnc1CC(O)c1cc2cccc(Br)c2o1. The number of benzene rings is 1. The van der Waals surface area contributed by atoms with E-state index in [1.54, 1.807) is 6.20 Å². The van der Waals surface area contributed by atoms with E-state index >= 15 is 0 Å². The Kier molecular flexibility index (Phi) is 3.63. The highest BCUT2D eigenvalue weighted by Crippen LogP contribution is 2.30. The van der Waals surface area contributed by atoms with Crippen LogP contribution in [0.2, 0.25) is 0 Å². The van der Waals surface area contributed by atoms with Gasteiger partial charge in [0.25, 0.3) is 0 Å². The molecule has 2 heterocycles. The summed E-state index contributed by atoms with van der Waals surface area (Å²) in [4.78, 5) is 4.28. The van der Waals surface area contributed by atoms with Crippen LogP contribution in [0.5, 0.6) is 0 Å². The van der Waals surface area contributed by atoms with Crippen LogP contribution in [0.25, 0.3) is 11.0 Å². The van der Waals surface area contributed by atoms with Crippen molar-refractivity contribution in [3.63, 3.8) is 0 Å². The molecule has 1 atom stereocenters. The zero-order valence-electron chi connectivity index (χ0n) is 11.1. The first-order valence-corrected chi connectivity index (χ1v) is 7.34. The van der Waals surface area contributed by atoms with Gasteiger partial charge < -0.3 is 14.1 Å². The zero-order chi connectivity index (χ0) is 14.1. The van der Waals surface area contributed by atoms with E-state index in [9.17, 15) is 5.11 Å². The molecular formula is C15H15BrN2O2. The number of aliphatic hydroxyl groups excluding tert-OH is 1. The highest BCUT2D eigenvalue weighted by molar-refractivity contribution is 9.10. The van der Waals surface area contributed by atoms with Crippen LogP contribution in [0.3, 0.4) is 0 Å². The molecule has 0 spiro atoms. The van der Waals surface area contributed by atoms with E-state index in [2.05, 4.69) is 27.8 Å². The van der Waals surface area contributed by atoms with Gasteiger partial charge in [0.1, 0.15) is 23.3 Å². The summed E-state index contributed by atoms with van der Waals surface area (Å²) in [6, 6.07) is 7.71. The second kappa shape index (κ2) is 5.42. The average molecular weight is 335 g/mol. The molecule has 104 valence electrons. The standard InChI is InChI=1S/C15H15BrN2O2/c1-2-18-7-6-17-14(18)9-12(19)13-8-10-4-3-5-11(16)15(10)20-13/h3-8,12,19H,2,9H2,1H3. The van der Waals surface area contributed by atoms with Gasteiger partial charge >= 0.3 is 0 Å². The maximum absolute atomic E-state index is 10.3. The van der Waals surface area contributed by atoms with E-state index in [0.717, 1.165) is 27.8 Å². The molecule has 3 rings (SSSR count). The van der Waals surface area contributed by atoms with E-state index in [1.807, 2.05) is 35.0 Å². The maximum atomic E-state index is 10.3. The van der Waals surface area contributed by atoms with Crippen molar-refractivity contribution >= 4 is 26.9 Å². The summed E-state index contributed by atoms with van der Waals surface area (Å²) in [6.07, 6.45) is 3.41. The van der Waals surface area contributed by atoms with E-state index in [4.69, 9.17) is 4.42 Å². The number of hydrogen-bond acceptors (Lipinski definition) is 3. The molecule has 0 bridgehead atoms. The summed E-state index contributed by atoms with van der Waals surface area (Å²) < 4.78 is 8.66. The van der Waals surface area contributed by atoms with Crippen LogP contribution in [0.15, 0.2) is 45.5 Å². The highest BCUT2D eigenvalue weighted by atomic mass is 79.9. The van der Waals surface area contributed by atoms with Gasteiger partial charge in [0.15, 0.2) is 0 Å². The normalized spacial score (nSPS) is 12.9. The van der Waals surface area contributed by atoms with E-state index < -0.39 is 6.10 Å². The Hall–Kier alpha value is -1.59. The summed E-state index contributed by atoms with van der Waals surface area (Å²) >= 11 is 3.45. The van der Waals surface area contributed by atoms with Crippen LogP contribution in [-0.4, -0.2) is 14.7 Å². The number of imidazole rings is 1. The fraction of sp³-hybridized carbons (Fsp3) is 0.267. The Morgan fingerprint density at radius 2 is 2.30 bits per heavy atom. The average Bonchev–Trinajstić information content (AvgIpc) is 3.05. The van der Waals surface area contributed by atoms with E-state index in [1.165, 1.54) is 0 Å². The van der Waals surface area contributed by atoms with Gasteiger partial charge in [0.05, 0.1) is 4.47 Å². The van der Waals surface area contributed by atoms with Crippen molar-refractivity contribution in [3.05, 3.63) is 52.7 Å². The third-order valence-electron chi connectivity index (χ3n) is 3.36. The number of aliphatic hydroxyl groups is 1. The summed E-state index contributed by atoms with van der Waals surface area (Å²) in [5.74, 6) is 1.43. The molecule has 4 nitrogen and oxygen atoms in total. The second-order valence-electron chi connectivity index (χ2n) is 4.66. The number of rotatable bonds is 4. The van der Waals surface area contributed by atoms with Gasteiger partial charge in [-0.2, -0.15) is 0 Å². The number of fused-ring (bicyclic) bond motifs is 1. The third kappa shape index (κ3) is 2.39. The second-order valence-corrected chi connectivity index (χ2v) is 5.51. The van der Waals surface area contributed by atoms with Gasteiger partial charge in [-0.3, -0.25) is 0 Å². The number of para-hydroxylation sites is 1.